The van der Waals surface area contributed by atoms with Crippen molar-refractivity contribution in [1.82, 2.24) is 9.80 Å². The molecule has 5 heterocycles. The average Bonchev–Trinajstić information content (AvgIpc) is 1.08. The number of hydrogen-bond acceptors (Lipinski definition) is 32. The molecule has 8 unspecified atom stereocenters. The molecule has 9 N–H and O–H groups in total. The molecule has 5 aliphatic rings. The van der Waals surface area contributed by atoms with Crippen molar-refractivity contribution in [3.05, 3.63) is 336 Å². The van der Waals surface area contributed by atoms with E-state index in [1.165, 1.54) is 36.1 Å². The zero-order valence-corrected chi connectivity index (χ0v) is 87.8. The van der Waals surface area contributed by atoms with Crippen molar-refractivity contribution in [2.24, 2.45) is 0 Å². The number of aliphatic hydroxyl groups is 8. The maximum Gasteiger partial charge on any atom is 0.344 e. The third kappa shape index (κ3) is 33.8. The molecule has 2 amide bonds. The smallest absolute Gasteiger partial charge is 0.344 e. The van der Waals surface area contributed by atoms with Crippen LogP contribution in [0.2, 0.25) is 0 Å². The van der Waals surface area contributed by atoms with Crippen molar-refractivity contribution >= 4 is 76.1 Å². The van der Waals surface area contributed by atoms with E-state index < -0.39 is 200 Å². The van der Waals surface area contributed by atoms with E-state index in [1.54, 1.807) is 53.4 Å². The Balaban J connectivity index is 0.000000262. The van der Waals surface area contributed by atoms with E-state index in [9.17, 15) is 74.9 Å². The van der Waals surface area contributed by atoms with Gasteiger partial charge in [0.05, 0.1) is 75.5 Å². The molecule has 5 aliphatic heterocycles. The van der Waals surface area contributed by atoms with Gasteiger partial charge in [0, 0.05) is 133 Å². The second-order valence-corrected chi connectivity index (χ2v) is 33.8. The molecule has 20 atom stereocenters. The van der Waals surface area contributed by atoms with Crippen LogP contribution < -0.4 is 4.74 Å². The van der Waals surface area contributed by atoms with Gasteiger partial charge in [-0.3, -0.25) is 25.1 Å². The molecule has 40 heteroatoms. The number of ether oxygens (including phenoxy) is 16. The van der Waals surface area contributed by atoms with Crippen LogP contribution in [0.4, 0.5) is 5.69 Å². The SMILES string of the molecule is CC(=O)N1CCN(C(=O)c2ccc(OCC(=O)OCC3O[C@@H](OCc4ccccc4)C(OC(=O)c4ccccc4)[C@@H](O)[C@@H]3OCc3ccccc3)c([N+](=O)[O-])c2)CC1.N=C(O[C@H]1OC(CO)[C@H](OCc2ccccc2)[C@H](O)C1OC(=O)c1ccccc1)C(Cl)(Cl)Cl.OCC1O[C@@H](O[C@@H]2C(O)[C@H](OCc3ccccc3)OC(CO)[C@H]2OCc2ccccc2)C(O)[C@@H](O)[C@@H]1OCc1ccccc1.[Ac].[Ac].[CH3-].[CH3-]. The van der Waals surface area contributed by atoms with Crippen LogP contribution in [0.3, 0.4) is 0 Å². The van der Waals surface area contributed by atoms with Gasteiger partial charge in [-0.05, 0) is 69.8 Å². The maximum absolute atomic E-state index is 13.2. The summed E-state index contributed by atoms with van der Waals surface area (Å²) in [5.74, 6) is -4.08. The molecule has 742 valence electrons. The Labute approximate surface area is 890 Å². The number of carbonyl (C=O) groups excluding carboxylic acids is 5. The molecular weight excluding hydrogens is 2300 g/mol. The molecule has 0 aromatic heterocycles. The molecule has 9 aromatic rings. The van der Waals surface area contributed by atoms with E-state index in [0.29, 0.717) is 13.1 Å². The second kappa shape index (κ2) is 58.7. The van der Waals surface area contributed by atoms with Crippen molar-refractivity contribution in [2.45, 2.75) is 173 Å². The number of nitro groups is 1. The summed E-state index contributed by atoms with van der Waals surface area (Å²) in [7, 11) is 0. The molecule has 35 nitrogen and oxygen atoms in total. The standard InChI is InChI=1S/C42H43N3O13.C33H40O11.C22H22Cl3NO7.2CH3.2Ac/c1-28(46)43-19-21-44(22-20-43)40(49)32-17-18-34(33(23-32)45(51)52)53-27-36(47)54-26-35-38(55-24-29-11-5-2-6-12-29)37(48)39(58-41(50)31-15-9-4-10-16-31)42(57-35)56-25-30-13-7-3-8-14-30;34-16-24-29(39-18-21-10-4-1-5-11-21)26(36)27(37)33(43-24)44-31-28(38)32(41-20-23-14-8-3-9-15-23)42-25(17-35)30(31)40-19-22-12-6-2-7-13-22;23-22(24,25)21(26)33-20-18(32-19(29)14-9-5-2-6-10-14)16(28)17(15(11-27)31-20)30-12-13-7-3-1-4-8-13;;;;/h2-18,23,35,37-39,42,48H,19-22,24-27H2,1H3;1-15,24-38H,16-20H2;1-10,15-18,20,26-28H,11-12H2;2*1H3;;/q;;;2*-1;;/t35?,37-,38+,39?,42+;24?,25?,26-,27?,28?,29-,30-,31-,32-,33+;15?,16-,17-,18?,20+;;;;/m010..../s1. The summed E-state index contributed by atoms with van der Waals surface area (Å²) in [6.07, 6.45) is -25.9. The van der Waals surface area contributed by atoms with E-state index in [-0.39, 0.29) is 184 Å². The van der Waals surface area contributed by atoms with Crippen LogP contribution in [0.1, 0.15) is 71.4 Å². The van der Waals surface area contributed by atoms with Gasteiger partial charge in [-0.25, -0.2) is 14.4 Å². The molecule has 0 aliphatic carbocycles. The molecule has 0 spiro atoms. The minimum absolute atomic E-state index is 0. The minimum Gasteiger partial charge on any atom is -0.475 e. The predicted molar refractivity (Wildman–Crippen MR) is 494 cm³/mol. The Morgan fingerprint density at radius 3 is 1.16 bits per heavy atom. The molecule has 0 bridgehead atoms. The molecule has 14 rings (SSSR count). The van der Waals surface area contributed by atoms with Gasteiger partial charge in [0.2, 0.25) is 18.1 Å². The summed E-state index contributed by atoms with van der Waals surface area (Å²) in [5, 5.41) is 106. The first-order valence-corrected chi connectivity index (χ1v) is 44.3. The van der Waals surface area contributed by atoms with Crippen LogP contribution in [0.15, 0.2) is 261 Å². The first kappa shape index (κ1) is 116. The number of rotatable bonds is 35. The van der Waals surface area contributed by atoms with Gasteiger partial charge in [0.15, 0.2) is 43.4 Å². The summed E-state index contributed by atoms with van der Waals surface area (Å²) in [4.78, 5) is 78.1. The molecule has 5 saturated heterocycles. The van der Waals surface area contributed by atoms with E-state index in [4.69, 9.17) is 116 Å². The van der Waals surface area contributed by atoms with Crippen LogP contribution >= 0.6 is 34.8 Å². The van der Waals surface area contributed by atoms with Gasteiger partial charge in [-0.15, -0.1) is 0 Å². The largest absolute Gasteiger partial charge is 0.475 e. The van der Waals surface area contributed by atoms with Crippen molar-refractivity contribution in [3.8, 4) is 5.75 Å². The number of benzene rings is 9. The number of amides is 2. The number of nitro benzene ring substituents is 1. The van der Waals surface area contributed by atoms with Gasteiger partial charge in [-0.2, -0.15) is 0 Å². The van der Waals surface area contributed by atoms with E-state index in [0.717, 1.165) is 39.4 Å². The number of piperazine rings is 1. The van der Waals surface area contributed by atoms with Gasteiger partial charge in [-0.1, -0.05) is 253 Å². The quantitative estimate of drug-likeness (QED) is 0.00261. The minimum atomic E-state index is -2.22. The Kier molecular flexibility index (Phi) is 49.1. The van der Waals surface area contributed by atoms with Crippen LogP contribution in [-0.4, -0.2) is 277 Å². The number of nitrogens with one attached hydrogen (secondary N) is 1. The number of nitrogens with zero attached hydrogens (tertiary/aromatic N) is 3. The molecule has 139 heavy (non-hydrogen) atoms. The molecular formula is C99H111Ac2Cl3N4O31-2. The predicted octanol–water partition coefficient (Wildman–Crippen LogP) is 9.35. The Morgan fingerprint density at radius 2 is 0.755 bits per heavy atom. The average molecular weight is 2410 g/mol. The van der Waals surface area contributed by atoms with Gasteiger partial charge >= 0.3 is 23.6 Å². The maximum atomic E-state index is 13.2. The molecule has 9 aromatic carbocycles. The first-order valence-electron chi connectivity index (χ1n) is 43.2. The van der Waals surface area contributed by atoms with Crippen LogP contribution in [0.25, 0.3) is 0 Å². The van der Waals surface area contributed by atoms with Crippen molar-refractivity contribution < 1.29 is 234 Å². The second-order valence-electron chi connectivity index (χ2n) is 31.5. The van der Waals surface area contributed by atoms with Crippen molar-refractivity contribution in [2.75, 3.05) is 59.2 Å². The fourth-order valence-corrected chi connectivity index (χ4v) is 15.1. The first-order chi connectivity index (χ1) is 65.2. The van der Waals surface area contributed by atoms with Gasteiger partial charge in [0.1, 0.15) is 92.1 Å². The monoisotopic (exact) mass is 2410 g/mol. The number of aliphatic hydroxyl groups excluding tert-OH is 8. The van der Waals surface area contributed by atoms with Gasteiger partial charge in [0.25, 0.3) is 9.70 Å². The Hall–Kier alpha value is -8.01. The van der Waals surface area contributed by atoms with Crippen LogP contribution in [0.5, 0.6) is 5.75 Å². The topological polar surface area (TPSA) is 468 Å². The Bertz CT molecular complexity index is 5190. The van der Waals surface area contributed by atoms with Crippen LogP contribution in [-0.2, 0) is 120 Å². The van der Waals surface area contributed by atoms with E-state index >= 15 is 0 Å². The summed E-state index contributed by atoms with van der Waals surface area (Å²) in [6.45, 7) is 0.358. The fraction of sp³-hybridized carbons (Fsp3) is 0.374. The summed E-state index contributed by atoms with van der Waals surface area (Å²) in [5.41, 5.74) is 4.83. The number of halogens is 3. The number of esters is 3. The summed E-state index contributed by atoms with van der Waals surface area (Å²) >= 11 is 17.1. The zero-order chi connectivity index (χ0) is 95.9. The summed E-state index contributed by atoms with van der Waals surface area (Å²) in [6, 6.07) is 75.2. The number of carbonyl (C=O) groups is 5. The summed E-state index contributed by atoms with van der Waals surface area (Å²) < 4.78 is 91.1. The molecule has 2 radical (unpaired) electrons. The third-order valence-electron chi connectivity index (χ3n) is 22.1. The van der Waals surface area contributed by atoms with Crippen molar-refractivity contribution in [3.63, 3.8) is 0 Å². The Morgan fingerprint density at radius 1 is 0.410 bits per heavy atom. The van der Waals surface area contributed by atoms with Crippen molar-refractivity contribution in [1.29, 1.82) is 5.41 Å². The van der Waals surface area contributed by atoms with E-state index in [1.807, 2.05) is 182 Å². The zero-order valence-electron chi connectivity index (χ0n) is 76.1. The normalized spacial score (nSPS) is 24.8. The molecule has 0 saturated carbocycles. The van der Waals surface area contributed by atoms with E-state index in [2.05, 4.69) is 0 Å². The fourth-order valence-electron chi connectivity index (χ4n) is 15.0. The number of hydrogen-bond donors (Lipinski definition) is 9. The number of alkyl halides is 3. The molecule has 5 fully saturated rings. The van der Waals surface area contributed by atoms with Gasteiger partial charge < -0.3 is 141 Å². The third-order valence-corrected chi connectivity index (χ3v) is 22.7. The van der Waals surface area contributed by atoms with Crippen LogP contribution in [0, 0.1) is 119 Å².